The molecular weight excluding hydrogens is 453 g/mol. The Kier molecular flexibility index (Phi) is 6.89. The third-order valence-electron chi connectivity index (χ3n) is 6.49. The van der Waals surface area contributed by atoms with Gasteiger partial charge in [-0.15, -0.1) is 24.0 Å². The Balaban J connectivity index is 0.00000210. The van der Waals surface area contributed by atoms with Gasteiger partial charge in [0.05, 0.1) is 25.4 Å². The molecule has 3 unspecified atom stereocenters. The van der Waals surface area contributed by atoms with E-state index in [0.717, 1.165) is 24.7 Å². The van der Waals surface area contributed by atoms with Gasteiger partial charge in [0.15, 0.2) is 5.96 Å². The zero-order valence-electron chi connectivity index (χ0n) is 16.4. The summed E-state index contributed by atoms with van der Waals surface area (Å²) < 4.78 is 11.4. The molecule has 2 saturated heterocycles. The minimum absolute atomic E-state index is 0. The zero-order chi connectivity index (χ0) is 18.0. The van der Waals surface area contributed by atoms with Crippen molar-refractivity contribution in [3.63, 3.8) is 0 Å². The van der Waals surface area contributed by atoms with E-state index < -0.39 is 0 Å². The third-order valence-corrected chi connectivity index (χ3v) is 6.49. The van der Waals surface area contributed by atoms with Crippen molar-refractivity contribution < 1.29 is 9.47 Å². The molecule has 150 valence electrons. The van der Waals surface area contributed by atoms with Crippen molar-refractivity contribution in [3.05, 3.63) is 29.8 Å². The van der Waals surface area contributed by atoms with Crippen LogP contribution in [0.3, 0.4) is 0 Å². The van der Waals surface area contributed by atoms with E-state index in [9.17, 15) is 0 Å². The van der Waals surface area contributed by atoms with Gasteiger partial charge in [0.25, 0.3) is 0 Å². The number of hydrogen-bond donors (Lipinski definition) is 2. The number of nitrogens with one attached hydrogen (secondary N) is 2. The van der Waals surface area contributed by atoms with E-state index in [1.807, 2.05) is 13.1 Å². The highest BCUT2D eigenvalue weighted by Crippen LogP contribution is 2.41. The lowest BCUT2D eigenvalue weighted by Gasteiger charge is -2.32. The van der Waals surface area contributed by atoms with Crippen molar-refractivity contribution >= 4 is 29.9 Å². The van der Waals surface area contributed by atoms with Crippen LogP contribution in [0.4, 0.5) is 0 Å². The molecule has 3 fully saturated rings. The van der Waals surface area contributed by atoms with Gasteiger partial charge >= 0.3 is 0 Å². The summed E-state index contributed by atoms with van der Waals surface area (Å²) in [5, 5.41) is 7.22. The second-order valence-electron chi connectivity index (χ2n) is 8.01. The molecule has 0 spiro atoms. The second kappa shape index (κ2) is 8.99. The van der Waals surface area contributed by atoms with Gasteiger partial charge in [-0.2, -0.15) is 0 Å². The molecule has 1 aromatic carbocycles. The lowest BCUT2D eigenvalue weighted by molar-refractivity contribution is 0.0992. The number of nitrogens with zero attached hydrogens (tertiary/aromatic N) is 1. The summed E-state index contributed by atoms with van der Waals surface area (Å²) in [5.74, 6) is 1.84. The number of aliphatic imine (C=N–C) groups is 1. The standard InChI is InChI=1S/C21H31N3O2.HI/c1-22-20(24-18-13-17-8-9-19(18)26-17)23-14-21(10-3-4-11-21)15-6-5-7-16(12-15)25-2;/h5-7,12,17-19H,3-4,8-11,13-14H2,1-2H3,(H2,22,23,24);1H. The molecule has 0 amide bonds. The quantitative estimate of drug-likeness (QED) is 0.380. The second-order valence-corrected chi connectivity index (χ2v) is 8.01. The van der Waals surface area contributed by atoms with Crippen LogP contribution in [-0.4, -0.2) is 44.9 Å². The number of hydrogen-bond acceptors (Lipinski definition) is 3. The highest BCUT2D eigenvalue weighted by atomic mass is 127. The fourth-order valence-corrected chi connectivity index (χ4v) is 4.99. The van der Waals surface area contributed by atoms with Gasteiger partial charge in [0.1, 0.15) is 5.75 Å². The molecule has 0 aromatic heterocycles. The summed E-state index contributed by atoms with van der Waals surface area (Å²) in [5.41, 5.74) is 1.54. The first-order valence-corrected chi connectivity index (χ1v) is 10.00. The maximum Gasteiger partial charge on any atom is 0.191 e. The zero-order valence-corrected chi connectivity index (χ0v) is 18.7. The maximum atomic E-state index is 5.96. The predicted octanol–water partition coefficient (Wildman–Crippen LogP) is 3.61. The largest absolute Gasteiger partial charge is 0.497 e. The fourth-order valence-electron chi connectivity index (χ4n) is 4.99. The van der Waals surface area contributed by atoms with Crippen LogP contribution >= 0.6 is 24.0 Å². The Labute approximate surface area is 179 Å². The number of halogens is 1. The van der Waals surface area contributed by atoms with E-state index in [2.05, 4.69) is 33.8 Å². The van der Waals surface area contributed by atoms with Gasteiger partial charge in [0, 0.05) is 19.0 Å². The van der Waals surface area contributed by atoms with Gasteiger partial charge in [-0.1, -0.05) is 25.0 Å². The van der Waals surface area contributed by atoms with Crippen molar-refractivity contribution in [1.29, 1.82) is 0 Å². The molecule has 2 N–H and O–H groups in total. The van der Waals surface area contributed by atoms with Crippen molar-refractivity contribution in [1.82, 2.24) is 10.6 Å². The molecule has 5 nitrogen and oxygen atoms in total. The molecule has 2 aliphatic heterocycles. The van der Waals surface area contributed by atoms with Crippen molar-refractivity contribution in [2.45, 2.75) is 68.6 Å². The van der Waals surface area contributed by atoms with Crippen molar-refractivity contribution in [2.24, 2.45) is 4.99 Å². The SMILES string of the molecule is CN=C(NCC1(c2cccc(OC)c2)CCCC1)NC1CC2CCC1O2.I. The predicted molar refractivity (Wildman–Crippen MR) is 119 cm³/mol. The Hall–Kier alpha value is -1.02. The normalized spacial score (nSPS) is 28.7. The average Bonchev–Trinajstić information content (AvgIpc) is 3.42. The molecule has 3 atom stereocenters. The van der Waals surface area contributed by atoms with Crippen LogP contribution in [0.1, 0.15) is 50.5 Å². The van der Waals surface area contributed by atoms with Gasteiger partial charge in [-0.3, -0.25) is 4.99 Å². The smallest absolute Gasteiger partial charge is 0.191 e. The number of guanidine groups is 1. The third kappa shape index (κ3) is 4.36. The Morgan fingerprint density at radius 2 is 2.11 bits per heavy atom. The van der Waals surface area contributed by atoms with E-state index >= 15 is 0 Å². The molecule has 27 heavy (non-hydrogen) atoms. The van der Waals surface area contributed by atoms with E-state index in [0.29, 0.717) is 18.2 Å². The summed E-state index contributed by atoms with van der Waals surface area (Å²) >= 11 is 0. The lowest BCUT2D eigenvalue weighted by atomic mass is 9.78. The minimum Gasteiger partial charge on any atom is -0.497 e. The van der Waals surface area contributed by atoms with Crippen LogP contribution in [0, 0.1) is 0 Å². The first kappa shape index (κ1) is 20.7. The van der Waals surface area contributed by atoms with E-state index in [1.54, 1.807) is 7.11 Å². The summed E-state index contributed by atoms with van der Waals surface area (Å²) in [4.78, 5) is 4.47. The summed E-state index contributed by atoms with van der Waals surface area (Å²) in [6, 6.07) is 8.97. The molecule has 6 heteroatoms. The van der Waals surface area contributed by atoms with E-state index in [-0.39, 0.29) is 29.4 Å². The molecule has 1 aliphatic carbocycles. The number of benzene rings is 1. The van der Waals surface area contributed by atoms with Crippen LogP contribution in [0.5, 0.6) is 5.75 Å². The molecule has 1 aromatic rings. The maximum absolute atomic E-state index is 5.96. The molecule has 2 bridgehead atoms. The van der Waals surface area contributed by atoms with Crippen molar-refractivity contribution in [2.75, 3.05) is 20.7 Å². The molecule has 4 rings (SSSR count). The molecular formula is C21H32IN3O2. The number of ether oxygens (including phenoxy) is 2. The summed E-state index contributed by atoms with van der Waals surface area (Å²) in [6.45, 7) is 0.904. The highest BCUT2D eigenvalue weighted by molar-refractivity contribution is 14.0. The van der Waals surface area contributed by atoms with Crippen LogP contribution in [-0.2, 0) is 10.2 Å². The Morgan fingerprint density at radius 1 is 1.30 bits per heavy atom. The summed E-state index contributed by atoms with van der Waals surface area (Å²) in [7, 11) is 3.60. The van der Waals surface area contributed by atoms with Crippen LogP contribution in [0.25, 0.3) is 0 Å². The molecule has 3 aliphatic rings. The lowest BCUT2D eigenvalue weighted by Crippen LogP contribution is -2.50. The van der Waals surface area contributed by atoms with Crippen LogP contribution in [0.2, 0.25) is 0 Å². The highest BCUT2D eigenvalue weighted by Gasteiger charge is 2.41. The van der Waals surface area contributed by atoms with Gasteiger partial charge in [-0.25, -0.2) is 0 Å². The molecule has 1 saturated carbocycles. The summed E-state index contributed by atoms with van der Waals surface area (Å²) in [6.07, 6.45) is 9.29. The number of methoxy groups -OCH3 is 1. The Morgan fingerprint density at radius 3 is 2.74 bits per heavy atom. The molecule has 0 radical (unpaired) electrons. The average molecular weight is 485 g/mol. The first-order valence-electron chi connectivity index (χ1n) is 10.00. The number of fused-ring (bicyclic) bond motifs is 2. The monoisotopic (exact) mass is 485 g/mol. The van der Waals surface area contributed by atoms with Gasteiger partial charge in [-0.05, 0) is 49.8 Å². The topological polar surface area (TPSA) is 54.9 Å². The van der Waals surface area contributed by atoms with Gasteiger partial charge < -0.3 is 20.1 Å². The molecule has 2 heterocycles. The fraction of sp³-hybridized carbons (Fsp3) is 0.667. The van der Waals surface area contributed by atoms with E-state index in [4.69, 9.17) is 9.47 Å². The van der Waals surface area contributed by atoms with Crippen molar-refractivity contribution in [3.8, 4) is 5.75 Å². The van der Waals surface area contributed by atoms with Crippen LogP contribution in [0.15, 0.2) is 29.3 Å². The van der Waals surface area contributed by atoms with Crippen LogP contribution < -0.4 is 15.4 Å². The minimum atomic E-state index is 0. The van der Waals surface area contributed by atoms with Gasteiger partial charge in [0.2, 0.25) is 0 Å². The Bertz CT molecular complexity index is 661. The van der Waals surface area contributed by atoms with E-state index in [1.165, 1.54) is 44.1 Å². The first-order chi connectivity index (χ1) is 12.7. The number of rotatable bonds is 5.